The highest BCUT2D eigenvalue weighted by Crippen LogP contribution is 2.09. The molecule has 22 heavy (non-hydrogen) atoms. The van der Waals surface area contributed by atoms with Gasteiger partial charge in [0.15, 0.2) is 0 Å². The van der Waals surface area contributed by atoms with Gasteiger partial charge in [-0.1, -0.05) is 74.5 Å². The number of hydrogen-bond donors (Lipinski definition) is 1. The summed E-state index contributed by atoms with van der Waals surface area (Å²) < 4.78 is 0. The summed E-state index contributed by atoms with van der Waals surface area (Å²) in [6.45, 7) is 4.14. The van der Waals surface area contributed by atoms with Crippen molar-refractivity contribution in [2.24, 2.45) is 11.0 Å². The van der Waals surface area contributed by atoms with Crippen molar-refractivity contribution in [3.05, 3.63) is 71.8 Å². The molecule has 0 spiro atoms. The fourth-order valence-corrected chi connectivity index (χ4v) is 2.22. The van der Waals surface area contributed by atoms with Crippen LogP contribution in [0.15, 0.2) is 65.8 Å². The first-order valence-electron chi connectivity index (χ1n) is 7.62. The first-order valence-corrected chi connectivity index (χ1v) is 7.62. The van der Waals surface area contributed by atoms with E-state index in [-0.39, 0.29) is 11.8 Å². The first kappa shape index (κ1) is 16.0. The van der Waals surface area contributed by atoms with Crippen molar-refractivity contribution in [3.8, 4) is 0 Å². The number of nitrogens with one attached hydrogen (secondary N) is 1. The molecule has 2 aromatic carbocycles. The number of amides is 1. The maximum absolute atomic E-state index is 12.0. The number of carbonyl (C=O) groups excluding carboxylic acids is 1. The third-order valence-electron chi connectivity index (χ3n) is 3.40. The molecule has 0 radical (unpaired) electrons. The van der Waals surface area contributed by atoms with Crippen molar-refractivity contribution in [1.29, 1.82) is 0 Å². The molecule has 3 nitrogen and oxygen atoms in total. The quantitative estimate of drug-likeness (QED) is 0.639. The molecular weight excluding hydrogens is 272 g/mol. The van der Waals surface area contributed by atoms with Gasteiger partial charge in [-0.2, -0.15) is 5.10 Å². The number of aryl methyl sites for hydroxylation is 1. The second-order valence-electron chi connectivity index (χ2n) is 5.54. The molecule has 114 valence electrons. The summed E-state index contributed by atoms with van der Waals surface area (Å²) in [5, 5.41) is 4.32. The van der Waals surface area contributed by atoms with Crippen LogP contribution in [-0.4, -0.2) is 11.6 Å². The van der Waals surface area contributed by atoms with E-state index in [1.807, 2.05) is 60.7 Å². The van der Waals surface area contributed by atoms with Crippen molar-refractivity contribution in [2.75, 3.05) is 0 Å². The van der Waals surface area contributed by atoms with Crippen molar-refractivity contribution in [3.63, 3.8) is 0 Å². The largest absolute Gasteiger partial charge is 0.273 e. The van der Waals surface area contributed by atoms with Crippen LogP contribution in [0.5, 0.6) is 0 Å². The van der Waals surface area contributed by atoms with Crippen LogP contribution in [-0.2, 0) is 11.2 Å². The molecule has 0 fully saturated rings. The van der Waals surface area contributed by atoms with Crippen LogP contribution in [0.25, 0.3) is 0 Å². The zero-order valence-corrected chi connectivity index (χ0v) is 13.1. The summed E-state index contributed by atoms with van der Waals surface area (Å²) in [6, 6.07) is 19.9. The molecule has 1 N–H and O–H groups in total. The van der Waals surface area contributed by atoms with Gasteiger partial charge in [0.05, 0.1) is 5.71 Å². The molecule has 0 aliphatic heterocycles. The van der Waals surface area contributed by atoms with Crippen molar-refractivity contribution in [1.82, 2.24) is 5.43 Å². The Hall–Kier alpha value is -2.42. The van der Waals surface area contributed by atoms with Crippen LogP contribution in [0.3, 0.4) is 0 Å². The van der Waals surface area contributed by atoms with E-state index in [1.54, 1.807) is 0 Å². The Kier molecular flexibility index (Phi) is 5.90. The summed E-state index contributed by atoms with van der Waals surface area (Å²) in [5.41, 5.74) is 5.78. The minimum atomic E-state index is -0.0575. The van der Waals surface area contributed by atoms with Gasteiger partial charge in [-0.25, -0.2) is 5.43 Å². The Morgan fingerprint density at radius 1 is 1.00 bits per heavy atom. The summed E-state index contributed by atoms with van der Waals surface area (Å²) in [4.78, 5) is 12.0. The van der Waals surface area contributed by atoms with E-state index >= 15 is 0 Å². The summed E-state index contributed by atoms with van der Waals surface area (Å²) >= 11 is 0. The van der Waals surface area contributed by atoms with Gasteiger partial charge in [0, 0.05) is 6.42 Å². The summed E-state index contributed by atoms with van der Waals surface area (Å²) in [6.07, 6.45) is 1.16. The molecule has 0 heterocycles. The minimum Gasteiger partial charge on any atom is -0.273 e. The molecule has 0 unspecified atom stereocenters. The van der Waals surface area contributed by atoms with E-state index in [0.717, 1.165) is 23.3 Å². The van der Waals surface area contributed by atoms with Gasteiger partial charge in [0.25, 0.3) is 0 Å². The normalized spacial score (nSPS) is 11.5. The Bertz CT molecular complexity index is 618. The third-order valence-corrected chi connectivity index (χ3v) is 3.40. The van der Waals surface area contributed by atoms with Crippen LogP contribution in [0.1, 0.15) is 31.4 Å². The van der Waals surface area contributed by atoms with Crippen LogP contribution in [0.4, 0.5) is 0 Å². The highest BCUT2D eigenvalue weighted by atomic mass is 16.2. The zero-order chi connectivity index (χ0) is 15.8. The molecule has 2 rings (SSSR count). The Balaban J connectivity index is 1.95. The Morgan fingerprint density at radius 2 is 1.59 bits per heavy atom. The lowest BCUT2D eigenvalue weighted by Crippen LogP contribution is -2.22. The maximum atomic E-state index is 12.0. The average Bonchev–Trinajstić information content (AvgIpc) is 2.55. The lowest BCUT2D eigenvalue weighted by molar-refractivity contribution is -0.121. The average molecular weight is 294 g/mol. The second kappa shape index (κ2) is 8.13. The smallest absolute Gasteiger partial charge is 0.240 e. The second-order valence-corrected chi connectivity index (χ2v) is 5.54. The van der Waals surface area contributed by atoms with Crippen LogP contribution in [0.2, 0.25) is 0 Å². The van der Waals surface area contributed by atoms with Gasteiger partial charge in [0.2, 0.25) is 5.91 Å². The lowest BCUT2D eigenvalue weighted by atomic mass is 10.0. The monoisotopic (exact) mass is 294 g/mol. The number of rotatable bonds is 6. The molecule has 0 bridgehead atoms. The van der Waals surface area contributed by atoms with Crippen LogP contribution < -0.4 is 5.43 Å². The zero-order valence-electron chi connectivity index (χ0n) is 13.1. The van der Waals surface area contributed by atoms with E-state index in [1.165, 1.54) is 0 Å². The van der Waals surface area contributed by atoms with Gasteiger partial charge >= 0.3 is 0 Å². The van der Waals surface area contributed by atoms with Crippen LogP contribution in [0, 0.1) is 5.92 Å². The first-order chi connectivity index (χ1) is 10.7. The fourth-order valence-electron chi connectivity index (χ4n) is 2.22. The van der Waals surface area contributed by atoms with E-state index < -0.39 is 0 Å². The van der Waals surface area contributed by atoms with Crippen molar-refractivity contribution in [2.45, 2.75) is 26.7 Å². The van der Waals surface area contributed by atoms with Gasteiger partial charge in [-0.3, -0.25) is 4.79 Å². The van der Waals surface area contributed by atoms with E-state index in [0.29, 0.717) is 6.42 Å². The van der Waals surface area contributed by atoms with Crippen molar-refractivity contribution < 1.29 is 4.79 Å². The van der Waals surface area contributed by atoms with E-state index in [4.69, 9.17) is 0 Å². The van der Waals surface area contributed by atoms with Gasteiger partial charge < -0.3 is 0 Å². The topological polar surface area (TPSA) is 41.5 Å². The number of hydrogen-bond acceptors (Lipinski definition) is 2. The number of benzene rings is 2. The van der Waals surface area contributed by atoms with Gasteiger partial charge in [-0.05, 0) is 23.5 Å². The van der Waals surface area contributed by atoms with Crippen molar-refractivity contribution >= 4 is 11.6 Å². The highest BCUT2D eigenvalue weighted by molar-refractivity contribution is 6.02. The molecule has 0 saturated heterocycles. The lowest BCUT2D eigenvalue weighted by Gasteiger charge is -2.10. The Morgan fingerprint density at radius 3 is 2.18 bits per heavy atom. The predicted molar refractivity (Wildman–Crippen MR) is 90.7 cm³/mol. The SMILES string of the molecule is CC(C)/C(=N\NC(=O)CCc1ccccc1)c1ccccc1. The van der Waals surface area contributed by atoms with Crippen LogP contribution >= 0.6 is 0 Å². The Labute approximate surface area is 132 Å². The standard InChI is InChI=1S/C19H22N2O/c1-15(2)19(17-11-7-4-8-12-17)21-20-18(22)14-13-16-9-5-3-6-10-16/h3-12,15H,13-14H2,1-2H3,(H,20,22)/b21-19+. The maximum Gasteiger partial charge on any atom is 0.240 e. The summed E-state index contributed by atoms with van der Waals surface area (Å²) in [5.74, 6) is 0.190. The van der Waals surface area contributed by atoms with E-state index in [9.17, 15) is 4.79 Å². The fraction of sp³-hybridized carbons (Fsp3) is 0.263. The number of hydrazone groups is 1. The molecule has 0 aliphatic rings. The third kappa shape index (κ3) is 4.85. The highest BCUT2D eigenvalue weighted by Gasteiger charge is 2.09. The molecule has 3 heteroatoms. The summed E-state index contributed by atoms with van der Waals surface area (Å²) in [7, 11) is 0. The molecule has 0 aromatic heterocycles. The molecule has 1 amide bonds. The molecular formula is C19H22N2O. The van der Waals surface area contributed by atoms with Gasteiger partial charge in [-0.15, -0.1) is 0 Å². The predicted octanol–water partition coefficient (Wildman–Crippen LogP) is 3.80. The minimum absolute atomic E-state index is 0.0575. The molecule has 0 saturated carbocycles. The molecule has 0 aliphatic carbocycles. The molecule has 0 atom stereocenters. The molecule has 2 aromatic rings. The number of carbonyl (C=O) groups is 1. The van der Waals surface area contributed by atoms with E-state index in [2.05, 4.69) is 24.4 Å². The van der Waals surface area contributed by atoms with Gasteiger partial charge in [0.1, 0.15) is 0 Å². The number of nitrogens with zero attached hydrogens (tertiary/aromatic N) is 1.